The number of morpholine rings is 1. The molecule has 5 aliphatic rings. The van der Waals surface area contributed by atoms with Gasteiger partial charge in [0.2, 0.25) is 17.7 Å². The van der Waals surface area contributed by atoms with Crippen molar-refractivity contribution in [2.24, 2.45) is 11.8 Å². The number of likely N-dealkylation sites (tertiary alicyclic amines) is 1. The van der Waals surface area contributed by atoms with Gasteiger partial charge < -0.3 is 34.4 Å². The molecule has 6 rings (SSSR count). The van der Waals surface area contributed by atoms with Crippen LogP contribution in [0.4, 0.5) is 0 Å². The molecule has 0 unspecified atom stereocenters. The number of fused-ring (bicyclic) bond motifs is 2. The molecule has 254 valence electrons. The van der Waals surface area contributed by atoms with Gasteiger partial charge in [0, 0.05) is 52.3 Å². The summed E-state index contributed by atoms with van der Waals surface area (Å²) < 4.78 is 18.4. The van der Waals surface area contributed by atoms with Crippen LogP contribution >= 0.6 is 0 Å². The number of aliphatic hydroxyl groups excluding tert-OH is 1. The molecule has 47 heavy (non-hydrogen) atoms. The van der Waals surface area contributed by atoms with Crippen LogP contribution in [0.3, 0.4) is 0 Å². The fraction of sp³-hybridized carbons (Fsp3) is 0.600. The van der Waals surface area contributed by atoms with Crippen LogP contribution < -0.4 is 5.32 Å². The van der Waals surface area contributed by atoms with Crippen LogP contribution in [0.5, 0.6) is 0 Å². The number of ether oxygens (including phenoxy) is 3. The van der Waals surface area contributed by atoms with Crippen LogP contribution in [0.1, 0.15) is 43.8 Å². The Morgan fingerprint density at radius 2 is 1.74 bits per heavy atom. The SMILES string of the molecule is O=C1CC/C=C\[C@H]2O[C@]34C=CCN(CCN5CCOCC5)C(=O)[C@H]3N(CCCCCO)C(=O)[C@@H]4[C@H]2C(=O)O[C@H](c2ccccc2)CN1. The Hall–Kier alpha value is -3.58. The first kappa shape index (κ1) is 33.3. The van der Waals surface area contributed by atoms with Gasteiger partial charge in [-0.2, -0.15) is 0 Å². The number of amides is 3. The Morgan fingerprint density at radius 1 is 0.936 bits per heavy atom. The zero-order chi connectivity index (χ0) is 32.8. The van der Waals surface area contributed by atoms with Gasteiger partial charge in [-0.15, -0.1) is 0 Å². The van der Waals surface area contributed by atoms with Gasteiger partial charge in [0.05, 0.1) is 31.8 Å². The van der Waals surface area contributed by atoms with E-state index in [1.54, 1.807) is 15.9 Å². The van der Waals surface area contributed by atoms with E-state index in [0.29, 0.717) is 65.1 Å². The van der Waals surface area contributed by atoms with Crippen molar-refractivity contribution in [3.8, 4) is 0 Å². The summed E-state index contributed by atoms with van der Waals surface area (Å²) in [6.07, 6.45) is 8.26. The quantitative estimate of drug-likeness (QED) is 0.230. The predicted octanol–water partition coefficient (Wildman–Crippen LogP) is 1.21. The molecule has 1 aromatic carbocycles. The molecule has 12 nitrogen and oxygen atoms in total. The maximum Gasteiger partial charge on any atom is 0.313 e. The standard InChI is InChI=1S/C35H46N4O8/c40-21-8-2-7-16-39-31-33(43)38(18-17-37-19-22-45-23-20-37)15-9-14-35(31)30(32(39)42)29-26(47-35)12-5-6-13-28(41)36-24-27(46-34(29)44)25-10-3-1-4-11-25/h1,3-5,9-12,14,26-27,29-31,40H,2,6-8,13,15-24H2,(H,36,41)/b12-5-/t26-,27+,29+,30+,31-,35+/m1/s1. The second-order valence-electron chi connectivity index (χ2n) is 12.9. The maximum atomic E-state index is 14.5. The van der Waals surface area contributed by atoms with Gasteiger partial charge in [-0.25, -0.2) is 0 Å². The van der Waals surface area contributed by atoms with E-state index in [4.69, 9.17) is 14.2 Å². The first-order valence-electron chi connectivity index (χ1n) is 17.0. The number of hydrogen-bond donors (Lipinski definition) is 2. The summed E-state index contributed by atoms with van der Waals surface area (Å²) >= 11 is 0. The number of rotatable bonds is 9. The lowest BCUT2D eigenvalue weighted by molar-refractivity contribution is -0.160. The fourth-order valence-electron chi connectivity index (χ4n) is 7.55. The molecule has 0 radical (unpaired) electrons. The lowest BCUT2D eigenvalue weighted by Gasteiger charge is -2.36. The molecule has 5 heterocycles. The fourth-order valence-corrected chi connectivity index (χ4v) is 7.55. The van der Waals surface area contributed by atoms with Crippen LogP contribution in [0.2, 0.25) is 0 Å². The first-order valence-corrected chi connectivity index (χ1v) is 17.0. The first-order chi connectivity index (χ1) is 22.9. The number of nitrogens with zero attached hydrogens (tertiary/aromatic N) is 3. The highest BCUT2D eigenvalue weighted by molar-refractivity contribution is 5.99. The third kappa shape index (κ3) is 7.01. The van der Waals surface area contributed by atoms with Crippen LogP contribution in [-0.4, -0.2) is 127 Å². The lowest BCUT2D eigenvalue weighted by atomic mass is 9.78. The molecule has 1 aromatic rings. The van der Waals surface area contributed by atoms with Gasteiger partial charge in [-0.1, -0.05) is 54.6 Å². The van der Waals surface area contributed by atoms with Crippen LogP contribution in [0.15, 0.2) is 54.6 Å². The van der Waals surface area contributed by atoms with E-state index in [9.17, 15) is 24.3 Å². The van der Waals surface area contributed by atoms with Gasteiger partial charge in [-0.05, 0) is 31.2 Å². The summed E-state index contributed by atoms with van der Waals surface area (Å²) in [5.74, 6) is -3.24. The molecule has 0 aromatic heterocycles. The number of carbonyl (C=O) groups excluding carboxylic acids is 4. The largest absolute Gasteiger partial charge is 0.455 e. The number of esters is 1. The van der Waals surface area contributed by atoms with E-state index in [1.165, 1.54) is 0 Å². The molecule has 3 amide bonds. The lowest BCUT2D eigenvalue weighted by Crippen LogP contribution is -2.56. The van der Waals surface area contributed by atoms with E-state index >= 15 is 0 Å². The zero-order valence-corrected chi connectivity index (χ0v) is 26.8. The van der Waals surface area contributed by atoms with Crippen LogP contribution in [-0.2, 0) is 33.4 Å². The summed E-state index contributed by atoms with van der Waals surface area (Å²) in [7, 11) is 0. The zero-order valence-electron chi connectivity index (χ0n) is 26.8. The summed E-state index contributed by atoms with van der Waals surface area (Å²) in [5.41, 5.74) is -0.644. The van der Waals surface area contributed by atoms with Crippen molar-refractivity contribution < 1.29 is 38.5 Å². The minimum absolute atomic E-state index is 0.0506. The second-order valence-corrected chi connectivity index (χ2v) is 12.9. The third-order valence-corrected chi connectivity index (χ3v) is 9.97. The smallest absolute Gasteiger partial charge is 0.313 e. The summed E-state index contributed by atoms with van der Waals surface area (Å²) in [6, 6.07) is 8.27. The highest BCUT2D eigenvalue weighted by Gasteiger charge is 2.71. The van der Waals surface area contributed by atoms with Gasteiger partial charge in [0.15, 0.2) is 0 Å². The number of benzene rings is 1. The minimum Gasteiger partial charge on any atom is -0.455 e. The highest BCUT2D eigenvalue weighted by Crippen LogP contribution is 2.53. The molecule has 0 saturated carbocycles. The van der Waals surface area contributed by atoms with Crippen molar-refractivity contribution in [3.05, 3.63) is 60.2 Å². The molecular weight excluding hydrogens is 604 g/mol. The highest BCUT2D eigenvalue weighted by atomic mass is 16.6. The van der Waals surface area contributed by atoms with E-state index in [-0.39, 0.29) is 37.3 Å². The number of carbonyl (C=O) groups is 4. The average Bonchev–Trinajstić information content (AvgIpc) is 3.47. The topological polar surface area (TPSA) is 138 Å². The summed E-state index contributed by atoms with van der Waals surface area (Å²) in [4.78, 5) is 61.5. The maximum absolute atomic E-state index is 14.5. The molecular formula is C35H46N4O8. The van der Waals surface area contributed by atoms with Crippen molar-refractivity contribution in [1.29, 1.82) is 0 Å². The van der Waals surface area contributed by atoms with E-state index in [0.717, 1.165) is 18.7 Å². The molecule has 3 saturated heterocycles. The molecule has 0 bridgehead atoms. The molecule has 12 heteroatoms. The van der Waals surface area contributed by atoms with Crippen molar-refractivity contribution in [2.75, 3.05) is 65.6 Å². The Balaban J connectivity index is 1.33. The molecule has 5 aliphatic heterocycles. The van der Waals surface area contributed by atoms with Gasteiger partial charge in [0.1, 0.15) is 23.7 Å². The van der Waals surface area contributed by atoms with E-state index < -0.39 is 41.7 Å². The molecule has 3 fully saturated rings. The molecule has 6 atom stereocenters. The van der Waals surface area contributed by atoms with Crippen molar-refractivity contribution in [2.45, 2.75) is 56.0 Å². The summed E-state index contributed by atoms with van der Waals surface area (Å²) in [6.45, 7) is 4.91. The number of cyclic esters (lactones) is 1. The van der Waals surface area contributed by atoms with Crippen molar-refractivity contribution in [1.82, 2.24) is 20.0 Å². The molecule has 1 spiro atoms. The normalized spacial score (nSPS) is 32.4. The number of nitrogens with one attached hydrogen (secondary N) is 1. The Kier molecular flexibility index (Phi) is 10.7. The molecule has 0 aliphatic carbocycles. The number of unbranched alkanes of at least 4 members (excludes halogenated alkanes) is 2. The number of allylic oxidation sites excluding steroid dienone is 1. The average molecular weight is 651 g/mol. The Labute approximate surface area is 275 Å². The number of hydrogen-bond acceptors (Lipinski definition) is 9. The molecule has 2 N–H and O–H groups in total. The van der Waals surface area contributed by atoms with Crippen molar-refractivity contribution >= 4 is 23.7 Å². The Morgan fingerprint density at radius 3 is 2.53 bits per heavy atom. The second kappa shape index (κ2) is 15.1. The van der Waals surface area contributed by atoms with Crippen LogP contribution in [0.25, 0.3) is 0 Å². The van der Waals surface area contributed by atoms with Crippen molar-refractivity contribution in [3.63, 3.8) is 0 Å². The van der Waals surface area contributed by atoms with E-state index in [2.05, 4.69) is 10.2 Å². The van der Waals surface area contributed by atoms with E-state index in [1.807, 2.05) is 48.6 Å². The predicted molar refractivity (Wildman–Crippen MR) is 171 cm³/mol. The summed E-state index contributed by atoms with van der Waals surface area (Å²) in [5, 5.41) is 12.2. The Bertz CT molecular complexity index is 1350. The monoisotopic (exact) mass is 650 g/mol. The van der Waals surface area contributed by atoms with Crippen LogP contribution in [0, 0.1) is 11.8 Å². The minimum atomic E-state index is -1.37. The van der Waals surface area contributed by atoms with Gasteiger partial charge in [-0.3, -0.25) is 24.1 Å². The van der Waals surface area contributed by atoms with Gasteiger partial charge >= 0.3 is 5.97 Å². The third-order valence-electron chi connectivity index (χ3n) is 9.97. The number of aliphatic hydroxyl groups is 1. The van der Waals surface area contributed by atoms with Gasteiger partial charge in [0.25, 0.3) is 0 Å².